The molecule has 150 valence electrons. The molecule has 0 amide bonds. The fraction of sp³-hybridized carbons (Fsp3) is 0.429. The summed E-state index contributed by atoms with van der Waals surface area (Å²) in [6.45, 7) is 12.7. The molecule has 2 aromatic carbocycles. The molecule has 0 unspecified atom stereocenters. The van der Waals surface area contributed by atoms with E-state index in [0.29, 0.717) is 11.4 Å². The molecular formula is C21H26ClN3O3. The van der Waals surface area contributed by atoms with Gasteiger partial charge in [0.1, 0.15) is 11.4 Å². The fourth-order valence-corrected chi connectivity index (χ4v) is 2.89. The van der Waals surface area contributed by atoms with Crippen LogP contribution in [0.15, 0.2) is 40.6 Å². The summed E-state index contributed by atoms with van der Waals surface area (Å²) in [5.74, 6) is 0.612. The first-order valence-corrected chi connectivity index (χ1v) is 9.31. The minimum atomic E-state index is -0.524. The molecule has 0 aliphatic heterocycles. The molecule has 0 atom stereocenters. The molecule has 6 nitrogen and oxygen atoms in total. The van der Waals surface area contributed by atoms with Crippen LogP contribution in [0.3, 0.4) is 0 Å². The van der Waals surface area contributed by atoms with Gasteiger partial charge in [0.25, 0.3) is 5.69 Å². The zero-order valence-corrected chi connectivity index (χ0v) is 18.1. The molecule has 0 aliphatic carbocycles. The van der Waals surface area contributed by atoms with Gasteiger partial charge >= 0.3 is 0 Å². The van der Waals surface area contributed by atoms with Crippen LogP contribution in [0.4, 0.5) is 17.1 Å². The summed E-state index contributed by atoms with van der Waals surface area (Å²) in [5.41, 5.74) is 2.27. The van der Waals surface area contributed by atoms with Crippen molar-refractivity contribution < 1.29 is 9.66 Å². The Morgan fingerprint density at radius 3 is 2.07 bits per heavy atom. The number of hydrogen-bond acceptors (Lipinski definition) is 5. The highest BCUT2D eigenvalue weighted by Gasteiger charge is 2.26. The van der Waals surface area contributed by atoms with Gasteiger partial charge in [-0.1, -0.05) is 59.2 Å². The lowest BCUT2D eigenvalue weighted by Crippen LogP contribution is -2.17. The van der Waals surface area contributed by atoms with Gasteiger partial charge in [-0.05, 0) is 34.6 Å². The van der Waals surface area contributed by atoms with Crippen molar-refractivity contribution in [3.8, 4) is 5.75 Å². The van der Waals surface area contributed by atoms with Crippen LogP contribution in [-0.4, -0.2) is 12.0 Å². The van der Waals surface area contributed by atoms with E-state index < -0.39 is 4.92 Å². The Labute approximate surface area is 170 Å². The average molecular weight is 404 g/mol. The van der Waals surface area contributed by atoms with E-state index in [4.69, 9.17) is 16.3 Å². The van der Waals surface area contributed by atoms with Crippen molar-refractivity contribution in [3.05, 3.63) is 56.6 Å². The average Bonchev–Trinajstić information content (AvgIpc) is 2.57. The number of nitrogens with zero attached hydrogens (tertiary/aromatic N) is 3. The number of nitro benzene ring substituents is 1. The third-order valence-corrected chi connectivity index (χ3v) is 4.58. The van der Waals surface area contributed by atoms with Crippen LogP contribution in [0, 0.1) is 10.1 Å². The number of rotatable bonds is 4. The largest absolute Gasteiger partial charge is 0.494 e. The Kier molecular flexibility index (Phi) is 6.14. The second-order valence-corrected chi connectivity index (χ2v) is 9.10. The first kappa shape index (κ1) is 21.8. The van der Waals surface area contributed by atoms with E-state index in [1.807, 2.05) is 6.07 Å². The van der Waals surface area contributed by atoms with Gasteiger partial charge in [0.2, 0.25) is 0 Å². The number of hydrogen-bond donors (Lipinski definition) is 0. The molecule has 0 N–H and O–H groups in total. The maximum absolute atomic E-state index is 11.3. The molecular weight excluding hydrogens is 378 g/mol. The normalized spacial score (nSPS) is 12.4. The molecule has 2 aromatic rings. The van der Waals surface area contributed by atoms with E-state index in [1.165, 1.54) is 12.1 Å². The van der Waals surface area contributed by atoms with Crippen LogP contribution in [0.25, 0.3) is 0 Å². The van der Waals surface area contributed by atoms with Crippen molar-refractivity contribution in [2.24, 2.45) is 10.2 Å². The maximum Gasteiger partial charge on any atom is 0.298 e. The van der Waals surface area contributed by atoms with Crippen LogP contribution in [0.1, 0.15) is 52.7 Å². The summed E-state index contributed by atoms with van der Waals surface area (Å²) >= 11 is 5.87. The topological polar surface area (TPSA) is 77.1 Å². The van der Waals surface area contributed by atoms with Gasteiger partial charge in [0.05, 0.1) is 12.0 Å². The van der Waals surface area contributed by atoms with Crippen LogP contribution >= 0.6 is 11.6 Å². The molecule has 0 aliphatic rings. The molecule has 0 bridgehead atoms. The molecule has 28 heavy (non-hydrogen) atoms. The second kappa shape index (κ2) is 7.87. The molecule has 0 radical (unpaired) electrons. The van der Waals surface area contributed by atoms with Gasteiger partial charge in [0.15, 0.2) is 5.69 Å². The lowest BCUT2D eigenvalue weighted by molar-refractivity contribution is -0.384. The van der Waals surface area contributed by atoms with Crippen molar-refractivity contribution in [2.75, 3.05) is 7.11 Å². The number of nitro groups is 1. The molecule has 7 heteroatoms. The smallest absolute Gasteiger partial charge is 0.298 e. The van der Waals surface area contributed by atoms with Crippen molar-refractivity contribution in [1.29, 1.82) is 0 Å². The summed E-state index contributed by atoms with van der Waals surface area (Å²) in [7, 11) is 1.59. The van der Waals surface area contributed by atoms with Crippen LogP contribution in [0.5, 0.6) is 5.75 Å². The highest BCUT2D eigenvalue weighted by molar-refractivity contribution is 6.30. The minimum Gasteiger partial charge on any atom is -0.494 e. The van der Waals surface area contributed by atoms with Crippen molar-refractivity contribution in [3.63, 3.8) is 0 Å². The van der Waals surface area contributed by atoms with Gasteiger partial charge in [0, 0.05) is 16.7 Å². The van der Waals surface area contributed by atoms with Gasteiger partial charge in [-0.15, -0.1) is 10.2 Å². The lowest BCUT2D eigenvalue weighted by atomic mass is 9.80. The summed E-state index contributed by atoms with van der Waals surface area (Å²) in [6.07, 6.45) is 0. The Morgan fingerprint density at radius 1 is 0.964 bits per heavy atom. The maximum atomic E-state index is 11.3. The number of ether oxygens (including phenoxy) is 1. The second-order valence-electron chi connectivity index (χ2n) is 8.67. The number of azo groups is 1. The standard InChI is InChI=1S/C21H26ClN3O3/c1-20(2,3)13-10-15(21(4,5)6)19(28-7)17(11-13)24-23-16-9-8-14(22)12-18(16)25(26)27/h8-12H,1-7H3. The predicted molar refractivity (Wildman–Crippen MR) is 113 cm³/mol. The zero-order valence-electron chi connectivity index (χ0n) is 17.3. The van der Waals surface area contributed by atoms with E-state index in [2.05, 4.69) is 57.8 Å². The first-order valence-electron chi connectivity index (χ1n) is 8.93. The minimum absolute atomic E-state index is 0.108. The fourth-order valence-electron chi connectivity index (χ4n) is 2.73. The highest BCUT2D eigenvalue weighted by Crippen LogP contribution is 2.43. The van der Waals surface area contributed by atoms with Crippen molar-refractivity contribution in [2.45, 2.75) is 52.4 Å². The SMILES string of the molecule is COc1c(N=Nc2ccc(Cl)cc2[N+](=O)[O-])cc(C(C)(C)C)cc1C(C)(C)C. The first-order chi connectivity index (χ1) is 12.8. The van der Waals surface area contributed by atoms with E-state index in [0.717, 1.165) is 11.1 Å². The van der Waals surface area contributed by atoms with Crippen LogP contribution < -0.4 is 4.74 Å². The van der Waals surface area contributed by atoms with E-state index in [9.17, 15) is 10.1 Å². The van der Waals surface area contributed by atoms with Gasteiger partial charge < -0.3 is 4.74 Å². The summed E-state index contributed by atoms with van der Waals surface area (Å²) in [4.78, 5) is 10.8. The van der Waals surface area contributed by atoms with Gasteiger partial charge in [-0.2, -0.15) is 0 Å². The summed E-state index contributed by atoms with van der Waals surface area (Å²) in [6, 6.07) is 8.34. The third kappa shape index (κ3) is 4.87. The Morgan fingerprint density at radius 2 is 1.57 bits per heavy atom. The number of benzene rings is 2. The monoisotopic (exact) mass is 403 g/mol. The molecule has 0 fully saturated rings. The van der Waals surface area contributed by atoms with E-state index in [-0.39, 0.29) is 27.2 Å². The Bertz CT molecular complexity index is 926. The number of halogens is 1. The zero-order chi connectivity index (χ0) is 21.3. The lowest BCUT2D eigenvalue weighted by Gasteiger charge is -2.27. The molecule has 0 heterocycles. The molecule has 0 spiro atoms. The summed E-state index contributed by atoms with van der Waals surface area (Å²) in [5, 5.41) is 20.0. The molecule has 0 aromatic heterocycles. The highest BCUT2D eigenvalue weighted by atomic mass is 35.5. The van der Waals surface area contributed by atoms with Crippen molar-refractivity contribution in [1.82, 2.24) is 0 Å². The van der Waals surface area contributed by atoms with Gasteiger partial charge in [-0.3, -0.25) is 10.1 Å². The molecule has 0 saturated heterocycles. The molecule has 2 rings (SSSR count). The quantitative estimate of drug-likeness (QED) is 0.306. The predicted octanol–water partition coefficient (Wildman–Crippen LogP) is 7.27. The van der Waals surface area contributed by atoms with E-state index >= 15 is 0 Å². The Hall–Kier alpha value is -2.47. The van der Waals surface area contributed by atoms with Crippen LogP contribution in [-0.2, 0) is 10.8 Å². The number of methoxy groups -OCH3 is 1. The van der Waals surface area contributed by atoms with Crippen molar-refractivity contribution >= 4 is 28.7 Å². The third-order valence-electron chi connectivity index (χ3n) is 4.35. The molecule has 0 saturated carbocycles. The summed E-state index contributed by atoms with van der Waals surface area (Å²) < 4.78 is 5.65. The van der Waals surface area contributed by atoms with Crippen LogP contribution in [0.2, 0.25) is 5.02 Å². The Balaban J connectivity index is 2.68. The van der Waals surface area contributed by atoms with Gasteiger partial charge in [-0.25, -0.2) is 0 Å². The van der Waals surface area contributed by atoms with E-state index in [1.54, 1.807) is 13.2 Å².